The molecule has 0 fully saturated rings. The van der Waals surface area contributed by atoms with Crippen LogP contribution in [0.4, 0.5) is 22.7 Å². The first-order valence-corrected chi connectivity index (χ1v) is 16.5. The highest BCUT2D eigenvalue weighted by Gasteiger charge is 2.15. The van der Waals surface area contributed by atoms with Crippen LogP contribution in [-0.4, -0.2) is 48.3 Å². The van der Waals surface area contributed by atoms with Gasteiger partial charge in [0.05, 0.1) is 15.9 Å². The van der Waals surface area contributed by atoms with E-state index in [0.29, 0.717) is 5.69 Å². The number of anilines is 2. The van der Waals surface area contributed by atoms with Gasteiger partial charge in [-0.15, -0.1) is 57.3 Å². The van der Waals surface area contributed by atoms with Gasteiger partial charge in [0.25, 0.3) is 0 Å². The lowest BCUT2D eigenvalue weighted by atomic mass is 10.2. The monoisotopic (exact) mass is 559 g/mol. The molecule has 2 aromatic carbocycles. The van der Waals surface area contributed by atoms with Crippen LogP contribution in [-0.2, 0) is 10.1 Å². The van der Waals surface area contributed by atoms with E-state index in [1.807, 2.05) is 24.3 Å². The van der Waals surface area contributed by atoms with E-state index in [2.05, 4.69) is 33.0 Å². The van der Waals surface area contributed by atoms with Crippen molar-refractivity contribution in [2.45, 2.75) is 47.3 Å². The van der Waals surface area contributed by atoms with E-state index in [9.17, 15) is 13.0 Å². The van der Waals surface area contributed by atoms with Crippen LogP contribution in [0, 0.1) is 0 Å². The third-order valence-electron chi connectivity index (χ3n) is 4.23. The lowest BCUT2D eigenvalue weighted by molar-refractivity contribution is 0.464. The molecule has 0 aliphatic heterocycles. The summed E-state index contributed by atoms with van der Waals surface area (Å²) in [7, 11) is -4.27. The Balaban J connectivity index is 2.53. The zero-order valence-electron chi connectivity index (χ0n) is 19.8. The molecule has 3 N–H and O–H groups in total. The highest BCUT2D eigenvalue weighted by Crippen LogP contribution is 2.44. The molecule has 2 rings (SSSR count). The van der Waals surface area contributed by atoms with Crippen molar-refractivity contribution in [2.75, 3.05) is 46.4 Å². The highest BCUT2D eigenvalue weighted by atomic mass is 32.2. The van der Waals surface area contributed by atoms with E-state index in [1.54, 1.807) is 47.0 Å². The molecule has 188 valence electrons. The zero-order chi connectivity index (χ0) is 25.1. The quantitative estimate of drug-likeness (QED) is 0.108. The Hall–Kier alpha value is -1.05. The summed E-state index contributed by atoms with van der Waals surface area (Å²) in [5.74, 6) is 3.01. The van der Waals surface area contributed by atoms with Crippen molar-refractivity contribution < 1.29 is 13.0 Å². The molecule has 0 saturated heterocycles. The average molecular weight is 560 g/mol. The Labute approximate surface area is 220 Å². The summed E-state index contributed by atoms with van der Waals surface area (Å²) < 4.78 is 32.9. The molecular weight excluding hydrogens is 529 g/mol. The van der Waals surface area contributed by atoms with Crippen LogP contribution in [0.2, 0.25) is 0 Å². The fourth-order valence-electron chi connectivity index (χ4n) is 2.97. The van der Waals surface area contributed by atoms with Crippen molar-refractivity contribution in [3.05, 3.63) is 24.3 Å². The molecule has 34 heavy (non-hydrogen) atoms. The molecule has 0 heterocycles. The molecule has 0 aliphatic rings. The predicted octanol–water partition coefficient (Wildman–Crippen LogP) is 7.09. The molecule has 0 aliphatic carbocycles. The summed E-state index contributed by atoms with van der Waals surface area (Å²) in [6, 6.07) is 7.77. The maximum atomic E-state index is 11.0. The van der Waals surface area contributed by atoms with Crippen molar-refractivity contribution >= 4 is 79.9 Å². The summed E-state index contributed by atoms with van der Waals surface area (Å²) in [6.07, 6.45) is 0. The van der Waals surface area contributed by atoms with E-state index in [0.717, 1.165) is 59.7 Å². The normalized spacial score (nSPS) is 11.9. The molecule has 12 heteroatoms. The number of nitrogens with two attached hydrogens (primary N) is 1. The minimum atomic E-state index is -4.27. The second-order valence-electron chi connectivity index (χ2n) is 6.81. The van der Waals surface area contributed by atoms with Crippen molar-refractivity contribution in [3.63, 3.8) is 0 Å². The second kappa shape index (κ2) is 14.5. The van der Waals surface area contributed by atoms with Gasteiger partial charge in [-0.3, -0.25) is 0 Å². The minimum Gasteiger partial charge on any atom is -0.748 e. The lowest BCUT2D eigenvalue weighted by Gasteiger charge is -2.15. The van der Waals surface area contributed by atoms with Crippen molar-refractivity contribution in [1.29, 1.82) is 0 Å². The van der Waals surface area contributed by atoms with Gasteiger partial charge in [-0.2, -0.15) is 0 Å². The number of hydrogen-bond acceptors (Lipinski definition) is 11. The topological polar surface area (TPSA) is 120 Å². The van der Waals surface area contributed by atoms with Gasteiger partial charge in [-0.25, -0.2) is 8.42 Å². The van der Waals surface area contributed by atoms with Crippen LogP contribution in [0.1, 0.15) is 27.7 Å². The maximum Gasteiger partial charge on any atom is 0.113 e. The Morgan fingerprint density at radius 2 is 1.18 bits per heavy atom. The van der Waals surface area contributed by atoms with Gasteiger partial charge < -0.3 is 15.6 Å². The summed E-state index contributed by atoms with van der Waals surface area (Å²) in [5.41, 5.74) is 9.23. The number of azo groups is 1. The van der Waals surface area contributed by atoms with Gasteiger partial charge in [0.2, 0.25) is 0 Å². The zero-order valence-corrected chi connectivity index (χ0v) is 23.9. The first kappa shape index (κ1) is 29.2. The molecular formula is C22H31N4O3S5-. The van der Waals surface area contributed by atoms with Gasteiger partial charge in [-0.05, 0) is 47.3 Å². The minimum absolute atomic E-state index is 0.0554. The fraction of sp³-hybridized carbons (Fsp3) is 0.455. The Morgan fingerprint density at radius 1 is 0.794 bits per heavy atom. The molecule has 0 amide bonds. The van der Waals surface area contributed by atoms with E-state index in [4.69, 9.17) is 16.0 Å². The van der Waals surface area contributed by atoms with E-state index in [-0.39, 0.29) is 6.54 Å². The van der Waals surface area contributed by atoms with Gasteiger partial charge in [-0.1, -0.05) is 27.7 Å². The van der Waals surface area contributed by atoms with Crippen molar-refractivity contribution in [3.8, 4) is 0 Å². The Kier molecular flexibility index (Phi) is 12.4. The Morgan fingerprint density at radius 3 is 1.53 bits per heavy atom. The molecule has 0 saturated carbocycles. The van der Waals surface area contributed by atoms with Crippen LogP contribution < -0.4 is 11.1 Å². The highest BCUT2D eigenvalue weighted by molar-refractivity contribution is 8.00. The number of nitrogens with zero attached hydrogens (tertiary/aromatic N) is 2. The molecule has 0 atom stereocenters. The number of thioether (sulfide) groups is 4. The maximum absolute atomic E-state index is 11.0. The standard InChI is InChI=1S/C22H32N4O3S5/c1-5-30-17-11-15(23)12-18(31-6-2)21(17)25-26-22-19(32-7-3)13-16(14-20(22)33-8-4)24-9-10-34(27,28)29/h11-14,24H,5-10,23H2,1-4H3,(H,27,28,29)/p-1. The van der Waals surface area contributed by atoms with Crippen LogP contribution in [0.15, 0.2) is 54.1 Å². The van der Waals surface area contributed by atoms with Gasteiger partial charge in [0.1, 0.15) is 11.4 Å². The third kappa shape index (κ3) is 9.19. The lowest BCUT2D eigenvalue weighted by Crippen LogP contribution is -2.14. The van der Waals surface area contributed by atoms with Crippen LogP contribution in [0.25, 0.3) is 0 Å². The Bertz CT molecular complexity index is 1040. The van der Waals surface area contributed by atoms with Gasteiger partial charge in [0.15, 0.2) is 0 Å². The third-order valence-corrected chi connectivity index (χ3v) is 8.58. The van der Waals surface area contributed by atoms with Gasteiger partial charge in [0, 0.05) is 37.5 Å². The summed E-state index contributed by atoms with van der Waals surface area (Å²) >= 11 is 6.67. The van der Waals surface area contributed by atoms with Gasteiger partial charge >= 0.3 is 0 Å². The first-order chi connectivity index (χ1) is 16.2. The van der Waals surface area contributed by atoms with E-state index >= 15 is 0 Å². The number of hydrogen-bond donors (Lipinski definition) is 2. The van der Waals surface area contributed by atoms with E-state index in [1.165, 1.54) is 0 Å². The molecule has 0 radical (unpaired) electrons. The number of rotatable bonds is 14. The molecule has 0 bridgehead atoms. The molecule has 0 spiro atoms. The number of nitrogens with one attached hydrogen (secondary N) is 1. The van der Waals surface area contributed by atoms with Crippen LogP contribution >= 0.6 is 47.0 Å². The average Bonchev–Trinajstić information content (AvgIpc) is 2.74. The summed E-state index contributed by atoms with van der Waals surface area (Å²) in [5, 5.41) is 12.5. The number of benzene rings is 2. The number of nitrogen functional groups attached to an aromatic ring is 1. The van der Waals surface area contributed by atoms with Crippen molar-refractivity contribution in [2.24, 2.45) is 10.2 Å². The largest absolute Gasteiger partial charge is 0.748 e. The molecule has 0 unspecified atom stereocenters. The molecule has 0 aromatic heterocycles. The van der Waals surface area contributed by atoms with E-state index < -0.39 is 15.9 Å². The summed E-state index contributed by atoms with van der Waals surface area (Å²) in [4.78, 5) is 3.91. The summed E-state index contributed by atoms with van der Waals surface area (Å²) in [6.45, 7) is 8.37. The first-order valence-electron chi connectivity index (χ1n) is 10.9. The van der Waals surface area contributed by atoms with Crippen LogP contribution in [0.5, 0.6) is 0 Å². The second-order valence-corrected chi connectivity index (χ2v) is 13.6. The smallest absolute Gasteiger partial charge is 0.113 e. The molecule has 7 nitrogen and oxygen atoms in total. The molecule has 2 aromatic rings. The van der Waals surface area contributed by atoms with Crippen molar-refractivity contribution in [1.82, 2.24) is 0 Å². The SMILES string of the molecule is CCSc1cc(N)cc(SCC)c1N=Nc1c(SCC)cc(NCCS(=O)(=O)[O-])cc1SCC. The predicted molar refractivity (Wildman–Crippen MR) is 150 cm³/mol. The van der Waals surface area contributed by atoms with Crippen LogP contribution in [0.3, 0.4) is 0 Å². The fourth-order valence-corrected chi connectivity index (χ4v) is 6.70.